The van der Waals surface area contributed by atoms with E-state index in [4.69, 9.17) is 0 Å². The molecule has 2 nitrogen and oxygen atoms in total. The fourth-order valence-electron chi connectivity index (χ4n) is 2.09. The quantitative estimate of drug-likeness (QED) is 0.672. The Bertz CT molecular complexity index is 723. The van der Waals surface area contributed by atoms with Gasteiger partial charge in [-0.2, -0.15) is 0 Å². The van der Waals surface area contributed by atoms with Crippen LogP contribution in [-0.2, 0) is 0 Å². The topological polar surface area (TPSA) is 32.9 Å². The summed E-state index contributed by atoms with van der Waals surface area (Å²) in [6.07, 6.45) is 1.68. The predicted octanol–water partition coefficient (Wildman–Crippen LogP) is 3.20. The monoisotopic (exact) mass is 221 g/mol. The van der Waals surface area contributed by atoms with Gasteiger partial charge in [0.1, 0.15) is 0 Å². The van der Waals surface area contributed by atoms with E-state index in [0.717, 1.165) is 11.1 Å². The minimum atomic E-state index is -0.0737. The van der Waals surface area contributed by atoms with Crippen molar-refractivity contribution in [2.75, 3.05) is 0 Å². The maximum absolute atomic E-state index is 11.3. The molecular formula is C15H11NO. The van der Waals surface area contributed by atoms with Crippen molar-refractivity contribution in [3.05, 3.63) is 71.1 Å². The van der Waals surface area contributed by atoms with Crippen LogP contribution in [0.25, 0.3) is 21.9 Å². The second-order valence-corrected chi connectivity index (χ2v) is 3.97. The molecule has 0 radical (unpaired) electrons. The predicted molar refractivity (Wildman–Crippen MR) is 70.0 cm³/mol. The number of rotatable bonds is 1. The molecule has 0 aliphatic heterocycles. The van der Waals surface area contributed by atoms with Crippen molar-refractivity contribution in [1.29, 1.82) is 0 Å². The third-order valence-electron chi connectivity index (χ3n) is 2.88. The maximum atomic E-state index is 11.3. The highest BCUT2D eigenvalue weighted by molar-refractivity contribution is 5.96. The summed E-state index contributed by atoms with van der Waals surface area (Å²) in [5, 5.41) is 2.35. The van der Waals surface area contributed by atoms with Gasteiger partial charge in [-0.15, -0.1) is 0 Å². The van der Waals surface area contributed by atoms with Gasteiger partial charge in [0.05, 0.1) is 0 Å². The molecular weight excluding hydrogens is 210 g/mol. The molecule has 0 atom stereocenters. The Morgan fingerprint density at radius 3 is 2.59 bits per heavy atom. The van der Waals surface area contributed by atoms with Crippen LogP contribution in [0.1, 0.15) is 0 Å². The summed E-state index contributed by atoms with van der Waals surface area (Å²) in [6, 6.07) is 17.9. The summed E-state index contributed by atoms with van der Waals surface area (Å²) in [5.74, 6) is 0. The molecule has 0 amide bonds. The molecule has 1 heterocycles. The Balaban J connectivity index is 2.34. The Kier molecular flexibility index (Phi) is 2.26. The first-order valence-electron chi connectivity index (χ1n) is 5.51. The van der Waals surface area contributed by atoms with Gasteiger partial charge in [-0.05, 0) is 28.0 Å². The van der Waals surface area contributed by atoms with Crippen molar-refractivity contribution in [3.8, 4) is 11.1 Å². The molecule has 0 fully saturated rings. The van der Waals surface area contributed by atoms with Gasteiger partial charge in [-0.25, -0.2) is 0 Å². The molecule has 0 unspecified atom stereocenters. The SMILES string of the molecule is O=c1cc(-c2cccc3ccccc23)cc[nH]1. The Morgan fingerprint density at radius 1 is 0.882 bits per heavy atom. The van der Waals surface area contributed by atoms with E-state index < -0.39 is 0 Å². The standard InChI is InChI=1S/C15H11NO/c17-15-10-12(8-9-16-15)14-7-3-5-11-4-1-2-6-13(11)14/h1-10H,(H,16,17). The van der Waals surface area contributed by atoms with E-state index in [-0.39, 0.29) is 5.56 Å². The number of hydrogen-bond acceptors (Lipinski definition) is 1. The van der Waals surface area contributed by atoms with Crippen LogP contribution in [0.2, 0.25) is 0 Å². The van der Waals surface area contributed by atoms with E-state index in [2.05, 4.69) is 23.2 Å². The van der Waals surface area contributed by atoms with Gasteiger partial charge in [0.25, 0.3) is 0 Å². The van der Waals surface area contributed by atoms with Crippen LogP contribution in [-0.4, -0.2) is 4.98 Å². The van der Waals surface area contributed by atoms with E-state index >= 15 is 0 Å². The molecule has 1 N–H and O–H groups in total. The molecule has 2 heteroatoms. The molecule has 0 aliphatic rings. The van der Waals surface area contributed by atoms with Gasteiger partial charge in [0, 0.05) is 12.3 Å². The molecule has 0 saturated heterocycles. The van der Waals surface area contributed by atoms with Gasteiger partial charge in [0.2, 0.25) is 5.56 Å². The fourth-order valence-corrected chi connectivity index (χ4v) is 2.09. The molecule has 82 valence electrons. The Labute approximate surface area is 98.6 Å². The summed E-state index contributed by atoms with van der Waals surface area (Å²) in [6.45, 7) is 0. The molecule has 0 spiro atoms. The minimum absolute atomic E-state index is 0.0737. The summed E-state index contributed by atoms with van der Waals surface area (Å²) in [7, 11) is 0. The van der Waals surface area contributed by atoms with E-state index in [1.807, 2.05) is 30.3 Å². The smallest absolute Gasteiger partial charge is 0.248 e. The van der Waals surface area contributed by atoms with E-state index in [1.165, 1.54) is 10.8 Å². The van der Waals surface area contributed by atoms with E-state index in [0.29, 0.717) is 0 Å². The lowest BCUT2D eigenvalue weighted by atomic mass is 9.99. The number of hydrogen-bond donors (Lipinski definition) is 1. The van der Waals surface area contributed by atoms with Crippen molar-refractivity contribution in [3.63, 3.8) is 0 Å². The van der Waals surface area contributed by atoms with Crippen molar-refractivity contribution >= 4 is 10.8 Å². The molecule has 0 bridgehead atoms. The lowest BCUT2D eigenvalue weighted by Crippen LogP contribution is -2.02. The minimum Gasteiger partial charge on any atom is -0.329 e. The number of fused-ring (bicyclic) bond motifs is 1. The Hall–Kier alpha value is -2.35. The van der Waals surface area contributed by atoms with Crippen LogP contribution < -0.4 is 5.56 Å². The summed E-state index contributed by atoms with van der Waals surface area (Å²) in [5.41, 5.74) is 1.97. The van der Waals surface area contributed by atoms with Crippen LogP contribution in [0.3, 0.4) is 0 Å². The van der Waals surface area contributed by atoms with Crippen molar-refractivity contribution < 1.29 is 0 Å². The maximum Gasteiger partial charge on any atom is 0.248 e. The molecule has 0 saturated carbocycles. The summed E-state index contributed by atoms with van der Waals surface area (Å²) in [4.78, 5) is 14.0. The third kappa shape index (κ3) is 1.74. The van der Waals surface area contributed by atoms with E-state index in [1.54, 1.807) is 12.3 Å². The van der Waals surface area contributed by atoms with Crippen molar-refractivity contribution in [2.24, 2.45) is 0 Å². The first kappa shape index (κ1) is 9.85. The highest BCUT2D eigenvalue weighted by atomic mass is 16.1. The second kappa shape index (κ2) is 3.91. The fraction of sp³-hybridized carbons (Fsp3) is 0. The van der Waals surface area contributed by atoms with Gasteiger partial charge in [-0.3, -0.25) is 4.79 Å². The number of benzene rings is 2. The molecule has 0 aliphatic carbocycles. The van der Waals surface area contributed by atoms with Crippen molar-refractivity contribution in [1.82, 2.24) is 4.98 Å². The first-order chi connectivity index (χ1) is 8.34. The average molecular weight is 221 g/mol. The van der Waals surface area contributed by atoms with Crippen LogP contribution >= 0.6 is 0 Å². The number of aromatic nitrogens is 1. The van der Waals surface area contributed by atoms with E-state index in [9.17, 15) is 4.79 Å². The highest BCUT2D eigenvalue weighted by Crippen LogP contribution is 2.27. The molecule has 1 aromatic heterocycles. The molecule has 17 heavy (non-hydrogen) atoms. The van der Waals surface area contributed by atoms with Gasteiger partial charge < -0.3 is 4.98 Å². The zero-order valence-electron chi connectivity index (χ0n) is 9.18. The number of aromatic amines is 1. The van der Waals surface area contributed by atoms with Gasteiger partial charge >= 0.3 is 0 Å². The van der Waals surface area contributed by atoms with Crippen LogP contribution in [0.4, 0.5) is 0 Å². The highest BCUT2D eigenvalue weighted by Gasteiger charge is 2.02. The normalized spacial score (nSPS) is 10.6. The number of H-pyrrole nitrogens is 1. The first-order valence-corrected chi connectivity index (χ1v) is 5.51. The van der Waals surface area contributed by atoms with Crippen LogP contribution in [0, 0.1) is 0 Å². The lowest BCUT2D eigenvalue weighted by molar-refractivity contribution is 1.24. The largest absolute Gasteiger partial charge is 0.329 e. The Morgan fingerprint density at radius 2 is 1.71 bits per heavy atom. The summed E-state index contributed by atoms with van der Waals surface area (Å²) >= 11 is 0. The number of nitrogens with one attached hydrogen (secondary N) is 1. The van der Waals surface area contributed by atoms with Crippen molar-refractivity contribution in [2.45, 2.75) is 0 Å². The molecule has 2 aromatic carbocycles. The zero-order valence-corrected chi connectivity index (χ0v) is 9.18. The van der Waals surface area contributed by atoms with Crippen LogP contribution in [0.5, 0.6) is 0 Å². The average Bonchev–Trinajstić information content (AvgIpc) is 2.38. The lowest BCUT2D eigenvalue weighted by Gasteiger charge is -2.05. The van der Waals surface area contributed by atoms with Gasteiger partial charge in [-0.1, -0.05) is 42.5 Å². The van der Waals surface area contributed by atoms with Gasteiger partial charge in [0.15, 0.2) is 0 Å². The zero-order chi connectivity index (χ0) is 11.7. The molecule has 3 aromatic rings. The molecule has 3 rings (SSSR count). The number of pyridine rings is 1. The second-order valence-electron chi connectivity index (χ2n) is 3.97. The third-order valence-corrected chi connectivity index (χ3v) is 2.88. The van der Waals surface area contributed by atoms with Crippen LogP contribution in [0.15, 0.2) is 65.6 Å². The summed E-state index contributed by atoms with van der Waals surface area (Å²) < 4.78 is 0.